The second kappa shape index (κ2) is 7.62. The van der Waals surface area contributed by atoms with Crippen LogP contribution in [0.2, 0.25) is 0 Å². The minimum atomic E-state index is -4.68. The number of aliphatic carboxylic acids is 1. The van der Waals surface area contributed by atoms with E-state index in [0.29, 0.717) is 6.42 Å². The highest BCUT2D eigenvalue weighted by molar-refractivity contribution is 7.80. The molecule has 112 valence electrons. The van der Waals surface area contributed by atoms with Crippen molar-refractivity contribution >= 4 is 24.5 Å². The van der Waals surface area contributed by atoms with Gasteiger partial charge in [-0.1, -0.05) is 13.8 Å². The molecule has 0 aliphatic heterocycles. The molecule has 0 radical (unpaired) electrons. The molecule has 0 spiro atoms. The van der Waals surface area contributed by atoms with E-state index in [0.717, 1.165) is 0 Å². The van der Waals surface area contributed by atoms with E-state index in [1.807, 2.05) is 0 Å². The molecule has 0 rings (SSSR count). The fraction of sp³-hybridized carbons (Fsp3) is 0.818. The number of nitrogens with one attached hydrogen (secondary N) is 1. The first-order valence-corrected chi connectivity index (χ1v) is 6.40. The molecular formula is C11H18F3NO3S. The summed E-state index contributed by atoms with van der Waals surface area (Å²) in [5, 5.41) is 10.8. The summed E-state index contributed by atoms with van der Waals surface area (Å²) < 4.78 is 37.6. The number of carbonyl (C=O) groups is 2. The lowest BCUT2D eigenvalue weighted by Crippen LogP contribution is -2.46. The van der Waals surface area contributed by atoms with E-state index in [2.05, 4.69) is 17.9 Å². The minimum Gasteiger partial charge on any atom is -0.481 e. The van der Waals surface area contributed by atoms with Crippen LogP contribution in [-0.4, -0.2) is 35.0 Å². The van der Waals surface area contributed by atoms with Crippen LogP contribution in [0.3, 0.4) is 0 Å². The lowest BCUT2D eigenvalue weighted by molar-refractivity contribution is -0.178. The van der Waals surface area contributed by atoms with Gasteiger partial charge in [0.15, 0.2) is 0 Å². The Morgan fingerprint density at radius 1 is 1.32 bits per heavy atom. The van der Waals surface area contributed by atoms with E-state index < -0.39 is 42.2 Å². The summed E-state index contributed by atoms with van der Waals surface area (Å²) in [4.78, 5) is 22.1. The highest BCUT2D eigenvalue weighted by atomic mass is 32.1. The lowest BCUT2D eigenvalue weighted by Gasteiger charge is -2.23. The molecule has 0 bridgehead atoms. The Morgan fingerprint density at radius 3 is 2.16 bits per heavy atom. The van der Waals surface area contributed by atoms with Gasteiger partial charge < -0.3 is 10.4 Å². The van der Waals surface area contributed by atoms with E-state index in [-0.39, 0.29) is 5.92 Å². The molecule has 0 saturated heterocycles. The van der Waals surface area contributed by atoms with Crippen molar-refractivity contribution in [3.63, 3.8) is 0 Å². The Morgan fingerprint density at radius 2 is 1.84 bits per heavy atom. The van der Waals surface area contributed by atoms with Crippen LogP contribution < -0.4 is 5.32 Å². The van der Waals surface area contributed by atoms with Crippen molar-refractivity contribution in [3.05, 3.63) is 0 Å². The number of hydrogen-bond acceptors (Lipinski definition) is 3. The first kappa shape index (κ1) is 18.1. The van der Waals surface area contributed by atoms with Crippen LogP contribution in [0.4, 0.5) is 13.2 Å². The fourth-order valence-corrected chi connectivity index (χ4v) is 1.98. The maximum atomic E-state index is 12.5. The molecule has 0 aromatic rings. The lowest BCUT2D eigenvalue weighted by atomic mass is 10.00. The van der Waals surface area contributed by atoms with Crippen molar-refractivity contribution < 1.29 is 27.9 Å². The van der Waals surface area contributed by atoms with Gasteiger partial charge in [-0.15, -0.1) is 0 Å². The fourth-order valence-electron chi connectivity index (χ4n) is 1.61. The highest BCUT2D eigenvalue weighted by Gasteiger charge is 2.44. The van der Waals surface area contributed by atoms with Gasteiger partial charge >= 0.3 is 12.1 Å². The normalized spacial score (nSPS) is 15.1. The number of hydrogen-bond donors (Lipinski definition) is 3. The number of carbonyl (C=O) groups excluding carboxylic acids is 1. The standard InChI is InChI=1S/C11H18F3NO3S/c1-6(2)3-7(4-9(16)17)15-10(18)8(5-19)11(12,13)14/h6-8,19H,3-5H2,1-2H3,(H,15,18)(H,16,17)/t7-,8?/m0/s1. The van der Waals surface area contributed by atoms with Crippen LogP contribution >= 0.6 is 12.6 Å². The zero-order chi connectivity index (χ0) is 15.2. The molecular weight excluding hydrogens is 283 g/mol. The average molecular weight is 301 g/mol. The van der Waals surface area contributed by atoms with E-state index in [4.69, 9.17) is 5.11 Å². The number of carboxylic acid groups (broad SMARTS) is 1. The van der Waals surface area contributed by atoms with Crippen LogP contribution in [0.5, 0.6) is 0 Å². The first-order valence-electron chi connectivity index (χ1n) is 5.77. The third-order valence-electron chi connectivity index (χ3n) is 2.42. The Balaban J connectivity index is 4.73. The van der Waals surface area contributed by atoms with Crippen LogP contribution in [0, 0.1) is 11.8 Å². The predicted molar refractivity (Wildman–Crippen MR) is 67.0 cm³/mol. The van der Waals surface area contributed by atoms with Crippen LogP contribution in [0.15, 0.2) is 0 Å². The largest absolute Gasteiger partial charge is 0.481 e. The summed E-state index contributed by atoms with van der Waals surface area (Å²) in [5.41, 5.74) is 0. The maximum Gasteiger partial charge on any atom is 0.401 e. The van der Waals surface area contributed by atoms with Crippen molar-refractivity contribution in [2.45, 2.75) is 38.9 Å². The van der Waals surface area contributed by atoms with Crippen molar-refractivity contribution in [1.29, 1.82) is 0 Å². The first-order chi connectivity index (χ1) is 8.57. The summed E-state index contributed by atoms with van der Waals surface area (Å²) in [6.45, 7) is 3.59. The van der Waals surface area contributed by atoms with Crippen molar-refractivity contribution in [2.75, 3.05) is 5.75 Å². The van der Waals surface area contributed by atoms with Gasteiger partial charge in [0.25, 0.3) is 0 Å². The Labute approximate surface area is 115 Å². The van der Waals surface area contributed by atoms with E-state index in [1.54, 1.807) is 13.8 Å². The molecule has 8 heteroatoms. The van der Waals surface area contributed by atoms with Gasteiger partial charge in [-0.25, -0.2) is 0 Å². The summed E-state index contributed by atoms with van der Waals surface area (Å²) >= 11 is 3.51. The van der Waals surface area contributed by atoms with Crippen molar-refractivity contribution in [3.8, 4) is 0 Å². The van der Waals surface area contributed by atoms with Crippen LogP contribution in [0.25, 0.3) is 0 Å². The van der Waals surface area contributed by atoms with Gasteiger partial charge in [0.05, 0.1) is 6.42 Å². The molecule has 1 amide bonds. The molecule has 0 aromatic carbocycles. The quantitative estimate of drug-likeness (QED) is 0.631. The monoisotopic (exact) mass is 301 g/mol. The average Bonchev–Trinajstić information content (AvgIpc) is 2.12. The van der Waals surface area contributed by atoms with Crippen LogP contribution in [0.1, 0.15) is 26.7 Å². The number of alkyl halides is 3. The molecule has 19 heavy (non-hydrogen) atoms. The van der Waals surface area contributed by atoms with E-state index >= 15 is 0 Å². The number of halogens is 3. The molecule has 2 atom stereocenters. The van der Waals surface area contributed by atoms with E-state index in [9.17, 15) is 22.8 Å². The molecule has 0 saturated carbocycles. The maximum absolute atomic E-state index is 12.5. The Kier molecular flexibility index (Phi) is 7.25. The molecule has 0 fully saturated rings. The molecule has 0 heterocycles. The van der Waals surface area contributed by atoms with E-state index in [1.165, 1.54) is 0 Å². The number of thiol groups is 1. The van der Waals surface area contributed by atoms with Gasteiger partial charge in [-0.2, -0.15) is 25.8 Å². The zero-order valence-electron chi connectivity index (χ0n) is 10.7. The Bertz CT molecular complexity index is 321. The highest BCUT2D eigenvalue weighted by Crippen LogP contribution is 2.27. The SMILES string of the molecule is CC(C)C[C@@H](CC(=O)O)NC(=O)C(CS)C(F)(F)F. The molecule has 0 aliphatic rings. The summed E-state index contributed by atoms with van der Waals surface area (Å²) in [6.07, 6.45) is -4.78. The summed E-state index contributed by atoms with van der Waals surface area (Å²) in [7, 11) is 0. The van der Waals surface area contributed by atoms with Gasteiger partial charge in [-0.05, 0) is 12.3 Å². The second-order valence-electron chi connectivity index (χ2n) is 4.71. The smallest absolute Gasteiger partial charge is 0.401 e. The van der Waals surface area contributed by atoms with Crippen molar-refractivity contribution in [2.24, 2.45) is 11.8 Å². The molecule has 1 unspecified atom stereocenters. The second-order valence-corrected chi connectivity index (χ2v) is 5.07. The van der Waals surface area contributed by atoms with Gasteiger partial charge in [-0.3, -0.25) is 9.59 Å². The number of carboxylic acids is 1. The van der Waals surface area contributed by atoms with Gasteiger partial charge in [0.2, 0.25) is 5.91 Å². The summed E-state index contributed by atoms with van der Waals surface area (Å²) in [5.74, 6) is -5.23. The number of rotatable bonds is 7. The number of amides is 1. The third kappa shape index (κ3) is 7.29. The Hall–Kier alpha value is -0.920. The molecule has 4 nitrogen and oxygen atoms in total. The molecule has 0 aromatic heterocycles. The molecule has 0 aliphatic carbocycles. The molecule has 2 N–H and O–H groups in total. The van der Waals surface area contributed by atoms with Crippen molar-refractivity contribution in [1.82, 2.24) is 5.32 Å². The third-order valence-corrected chi connectivity index (χ3v) is 2.78. The zero-order valence-corrected chi connectivity index (χ0v) is 11.6. The summed E-state index contributed by atoms with van der Waals surface area (Å²) in [6, 6.07) is -0.810. The van der Waals surface area contributed by atoms with Gasteiger partial charge in [0.1, 0.15) is 5.92 Å². The predicted octanol–water partition coefficient (Wildman–Crippen LogP) is 2.10. The minimum absolute atomic E-state index is 0.0602. The van der Waals surface area contributed by atoms with Gasteiger partial charge in [0, 0.05) is 11.8 Å². The van der Waals surface area contributed by atoms with Crippen LogP contribution in [-0.2, 0) is 9.59 Å². The topological polar surface area (TPSA) is 66.4 Å².